The van der Waals surface area contributed by atoms with Crippen LogP contribution in [0, 0.1) is 0 Å². The third-order valence-corrected chi connectivity index (χ3v) is 3.43. The summed E-state index contributed by atoms with van der Waals surface area (Å²) in [5.41, 5.74) is -1.45. The van der Waals surface area contributed by atoms with Gasteiger partial charge in [-0.15, -0.1) is 0 Å². The second kappa shape index (κ2) is 7.81. The molecule has 0 saturated heterocycles. The molecule has 24 heavy (non-hydrogen) atoms. The van der Waals surface area contributed by atoms with Gasteiger partial charge in [0.15, 0.2) is 0 Å². The second-order valence-electron chi connectivity index (χ2n) is 6.58. The van der Waals surface area contributed by atoms with Crippen LogP contribution in [0.4, 0.5) is 18.0 Å². The monoisotopic (exact) mass is 347 g/mol. The standard InChI is InChI=1S/C16H24F3N3O2/c1-6-12(22(5)14(23)24-15(2,3)4)7-8-13-20-9-11(10-21-13)16(17,18)19/h9-10,12H,6-8H2,1-5H3/t12-/m0/s1. The van der Waals surface area contributed by atoms with Crippen LogP contribution in [0.25, 0.3) is 0 Å². The lowest BCUT2D eigenvalue weighted by molar-refractivity contribution is -0.138. The van der Waals surface area contributed by atoms with Gasteiger partial charge >= 0.3 is 12.3 Å². The first-order valence-electron chi connectivity index (χ1n) is 7.78. The van der Waals surface area contributed by atoms with Gasteiger partial charge < -0.3 is 9.64 Å². The minimum Gasteiger partial charge on any atom is -0.444 e. The number of hydrogen-bond acceptors (Lipinski definition) is 4. The lowest BCUT2D eigenvalue weighted by atomic mass is 10.1. The van der Waals surface area contributed by atoms with E-state index in [0.717, 1.165) is 12.4 Å². The fourth-order valence-corrected chi connectivity index (χ4v) is 2.08. The van der Waals surface area contributed by atoms with Gasteiger partial charge in [0, 0.05) is 31.9 Å². The molecule has 0 spiro atoms. The normalized spacial score (nSPS) is 13.5. The average molecular weight is 347 g/mol. The predicted octanol–water partition coefficient (Wildman–Crippen LogP) is 4.07. The Bertz CT molecular complexity index is 539. The van der Waals surface area contributed by atoms with E-state index in [1.54, 1.807) is 27.8 Å². The van der Waals surface area contributed by atoms with Crippen molar-refractivity contribution < 1.29 is 22.7 Å². The number of aromatic nitrogens is 2. The number of carbonyl (C=O) groups is 1. The molecular formula is C16H24F3N3O2. The molecule has 8 heteroatoms. The minimum absolute atomic E-state index is 0.106. The first kappa shape index (κ1) is 20.2. The van der Waals surface area contributed by atoms with E-state index in [2.05, 4.69) is 9.97 Å². The maximum Gasteiger partial charge on any atom is 0.419 e. The van der Waals surface area contributed by atoms with Gasteiger partial charge in [-0.1, -0.05) is 6.92 Å². The number of halogens is 3. The summed E-state index contributed by atoms with van der Waals surface area (Å²) in [6.45, 7) is 7.29. The van der Waals surface area contributed by atoms with Crippen molar-refractivity contribution in [2.45, 2.75) is 64.8 Å². The molecule has 5 nitrogen and oxygen atoms in total. The number of amides is 1. The summed E-state index contributed by atoms with van der Waals surface area (Å²) in [6, 6.07) is -0.106. The summed E-state index contributed by atoms with van der Waals surface area (Å²) in [4.78, 5) is 21.1. The smallest absolute Gasteiger partial charge is 0.419 e. The highest BCUT2D eigenvalue weighted by Gasteiger charge is 2.31. The molecule has 1 rings (SSSR count). The Morgan fingerprint density at radius 1 is 1.25 bits per heavy atom. The number of rotatable bonds is 5. The van der Waals surface area contributed by atoms with Crippen LogP contribution in [0.2, 0.25) is 0 Å². The molecule has 0 aliphatic carbocycles. The maximum absolute atomic E-state index is 12.5. The van der Waals surface area contributed by atoms with Gasteiger partial charge in [-0.25, -0.2) is 14.8 Å². The molecule has 0 fully saturated rings. The van der Waals surface area contributed by atoms with Gasteiger partial charge in [-0.2, -0.15) is 13.2 Å². The summed E-state index contributed by atoms with van der Waals surface area (Å²) in [5.74, 6) is 0.319. The Morgan fingerprint density at radius 2 is 1.79 bits per heavy atom. The molecule has 136 valence electrons. The third kappa shape index (κ3) is 6.33. The van der Waals surface area contributed by atoms with E-state index in [1.165, 1.54) is 4.90 Å². The number of hydrogen-bond donors (Lipinski definition) is 0. The van der Waals surface area contributed by atoms with Gasteiger partial charge in [0.1, 0.15) is 11.4 Å². The zero-order valence-electron chi connectivity index (χ0n) is 14.6. The summed E-state index contributed by atoms with van der Waals surface area (Å²) in [5, 5.41) is 0. The highest BCUT2D eigenvalue weighted by Crippen LogP contribution is 2.27. The molecule has 1 aromatic heterocycles. The molecule has 0 saturated carbocycles. The van der Waals surface area contributed by atoms with Crippen LogP contribution in [-0.2, 0) is 17.3 Å². The number of carbonyl (C=O) groups excluding carboxylic acids is 1. The molecule has 0 aliphatic rings. The van der Waals surface area contributed by atoms with Crippen LogP contribution in [0.15, 0.2) is 12.4 Å². The quantitative estimate of drug-likeness (QED) is 0.805. The third-order valence-electron chi connectivity index (χ3n) is 3.43. The topological polar surface area (TPSA) is 55.3 Å². The summed E-state index contributed by atoms with van der Waals surface area (Å²) < 4.78 is 42.8. The van der Waals surface area contributed by atoms with Crippen molar-refractivity contribution in [3.05, 3.63) is 23.8 Å². The number of ether oxygens (including phenoxy) is 1. The molecule has 1 aromatic rings. The van der Waals surface area contributed by atoms with E-state index < -0.39 is 23.4 Å². The largest absolute Gasteiger partial charge is 0.444 e. The van der Waals surface area contributed by atoms with Gasteiger partial charge in [0.2, 0.25) is 0 Å². The Labute approximate surface area is 140 Å². The lowest BCUT2D eigenvalue weighted by Crippen LogP contribution is -2.40. The summed E-state index contributed by atoms with van der Waals surface area (Å²) in [6.07, 6.45) is -1.70. The number of nitrogens with zero attached hydrogens (tertiary/aromatic N) is 3. The Morgan fingerprint density at radius 3 is 2.21 bits per heavy atom. The molecule has 0 aromatic carbocycles. The van der Waals surface area contributed by atoms with Crippen LogP contribution >= 0.6 is 0 Å². The average Bonchev–Trinajstić information content (AvgIpc) is 2.45. The van der Waals surface area contributed by atoms with Crippen LogP contribution in [-0.4, -0.2) is 39.7 Å². The molecule has 1 heterocycles. The fraction of sp³-hybridized carbons (Fsp3) is 0.688. The molecular weight excluding hydrogens is 323 g/mol. The van der Waals surface area contributed by atoms with E-state index in [1.807, 2.05) is 6.92 Å². The molecule has 0 unspecified atom stereocenters. The van der Waals surface area contributed by atoms with Crippen molar-refractivity contribution >= 4 is 6.09 Å². The number of aryl methyl sites for hydroxylation is 1. The molecule has 1 amide bonds. The van der Waals surface area contributed by atoms with Gasteiger partial charge in [0.05, 0.1) is 5.56 Å². The zero-order chi connectivity index (χ0) is 18.5. The van der Waals surface area contributed by atoms with Gasteiger partial charge in [-0.3, -0.25) is 0 Å². The highest BCUT2D eigenvalue weighted by molar-refractivity contribution is 5.68. The van der Waals surface area contributed by atoms with Gasteiger partial charge in [-0.05, 0) is 33.6 Å². The molecule has 0 N–H and O–H groups in total. The molecule has 0 aliphatic heterocycles. The Kier molecular flexibility index (Phi) is 6.57. The Balaban J connectivity index is 2.64. The van der Waals surface area contributed by atoms with Crippen LogP contribution in [0.5, 0.6) is 0 Å². The van der Waals surface area contributed by atoms with Crippen LogP contribution < -0.4 is 0 Å². The molecule has 0 radical (unpaired) electrons. The van der Waals surface area contributed by atoms with Crippen molar-refractivity contribution in [2.75, 3.05) is 7.05 Å². The second-order valence-corrected chi connectivity index (χ2v) is 6.58. The lowest BCUT2D eigenvalue weighted by Gasteiger charge is -2.30. The molecule has 1 atom stereocenters. The maximum atomic E-state index is 12.5. The van der Waals surface area contributed by atoms with E-state index in [0.29, 0.717) is 25.1 Å². The van der Waals surface area contributed by atoms with Crippen LogP contribution in [0.3, 0.4) is 0 Å². The van der Waals surface area contributed by atoms with Gasteiger partial charge in [0.25, 0.3) is 0 Å². The van der Waals surface area contributed by atoms with Crippen molar-refractivity contribution in [1.82, 2.24) is 14.9 Å². The van der Waals surface area contributed by atoms with Crippen molar-refractivity contribution in [3.63, 3.8) is 0 Å². The van der Waals surface area contributed by atoms with E-state index in [4.69, 9.17) is 4.74 Å². The summed E-state index contributed by atoms with van der Waals surface area (Å²) >= 11 is 0. The summed E-state index contributed by atoms with van der Waals surface area (Å²) in [7, 11) is 1.65. The molecule has 0 bridgehead atoms. The number of alkyl halides is 3. The minimum atomic E-state index is -4.44. The van der Waals surface area contributed by atoms with Crippen molar-refractivity contribution in [1.29, 1.82) is 0 Å². The first-order valence-corrected chi connectivity index (χ1v) is 7.78. The fourth-order valence-electron chi connectivity index (χ4n) is 2.08. The van der Waals surface area contributed by atoms with Crippen molar-refractivity contribution in [3.8, 4) is 0 Å². The SMILES string of the molecule is CC[C@@H](CCc1ncc(C(F)(F)F)cn1)N(C)C(=O)OC(C)(C)C. The van der Waals surface area contributed by atoms with Crippen LogP contribution in [0.1, 0.15) is 51.9 Å². The predicted molar refractivity (Wildman–Crippen MR) is 83.4 cm³/mol. The van der Waals surface area contributed by atoms with E-state index in [-0.39, 0.29) is 6.04 Å². The first-order chi connectivity index (χ1) is 10.9. The zero-order valence-corrected chi connectivity index (χ0v) is 14.6. The van der Waals surface area contributed by atoms with E-state index in [9.17, 15) is 18.0 Å². The Hall–Kier alpha value is -1.86. The highest BCUT2D eigenvalue weighted by atomic mass is 19.4. The van der Waals surface area contributed by atoms with E-state index >= 15 is 0 Å². The van der Waals surface area contributed by atoms with Crippen molar-refractivity contribution in [2.24, 2.45) is 0 Å².